The first kappa shape index (κ1) is 25.2. The predicted octanol–water partition coefficient (Wildman–Crippen LogP) is 3.96. The van der Waals surface area contributed by atoms with Gasteiger partial charge in [-0.05, 0) is 46.6 Å². The van der Waals surface area contributed by atoms with E-state index in [9.17, 15) is 14.4 Å². The molecule has 166 valence electrons. The third-order valence-corrected chi connectivity index (χ3v) is 3.94. The third-order valence-electron chi connectivity index (χ3n) is 3.94. The molecule has 0 aromatic heterocycles. The Bertz CT molecular complexity index is 684. The molecule has 0 unspecified atom stereocenters. The lowest BCUT2D eigenvalue weighted by molar-refractivity contribution is -0.149. The number of esters is 2. The molecule has 1 aliphatic rings. The quantitative estimate of drug-likeness (QED) is 0.256. The molecule has 0 spiro atoms. The zero-order chi connectivity index (χ0) is 22.4. The van der Waals surface area contributed by atoms with Crippen molar-refractivity contribution in [3.8, 4) is 0 Å². The summed E-state index contributed by atoms with van der Waals surface area (Å²) in [5.74, 6) is -1.01. The summed E-state index contributed by atoms with van der Waals surface area (Å²) in [6.07, 6.45) is 14.5. The number of ether oxygens (including phenoxy) is 3. The average Bonchev–Trinajstić information content (AvgIpc) is 2.68. The Labute approximate surface area is 179 Å². The first-order valence-corrected chi connectivity index (χ1v) is 10.2. The molecule has 7 heteroatoms. The summed E-state index contributed by atoms with van der Waals surface area (Å²) in [5.41, 5.74) is -0.560. The van der Waals surface area contributed by atoms with Crippen LogP contribution in [0.5, 0.6) is 0 Å². The minimum atomic E-state index is -0.560. The van der Waals surface area contributed by atoms with Gasteiger partial charge in [-0.1, -0.05) is 36.5 Å². The van der Waals surface area contributed by atoms with E-state index >= 15 is 0 Å². The van der Waals surface area contributed by atoms with E-state index in [0.717, 1.165) is 6.42 Å². The van der Waals surface area contributed by atoms with Crippen molar-refractivity contribution in [1.82, 2.24) is 4.90 Å². The summed E-state index contributed by atoms with van der Waals surface area (Å²) >= 11 is 0. The number of carbonyl (C=O) groups is 3. The minimum Gasteiger partial charge on any atom is -0.463 e. The van der Waals surface area contributed by atoms with E-state index in [1.165, 1.54) is 6.08 Å². The maximum atomic E-state index is 12.3. The van der Waals surface area contributed by atoms with Crippen molar-refractivity contribution >= 4 is 18.0 Å². The van der Waals surface area contributed by atoms with Gasteiger partial charge in [-0.15, -0.1) is 0 Å². The maximum absolute atomic E-state index is 12.3. The lowest BCUT2D eigenvalue weighted by atomic mass is 9.98. The van der Waals surface area contributed by atoms with Gasteiger partial charge >= 0.3 is 18.0 Å². The average molecular weight is 420 g/mol. The molecule has 0 aromatic rings. The van der Waals surface area contributed by atoms with Gasteiger partial charge in [-0.3, -0.25) is 4.79 Å². The second-order valence-electron chi connectivity index (χ2n) is 7.70. The molecule has 0 radical (unpaired) electrons. The molecule has 0 aliphatic carbocycles. The lowest BCUT2D eigenvalue weighted by Crippen LogP contribution is -2.45. The van der Waals surface area contributed by atoms with Crippen molar-refractivity contribution in [3.05, 3.63) is 48.6 Å². The fourth-order valence-corrected chi connectivity index (χ4v) is 2.63. The van der Waals surface area contributed by atoms with E-state index in [4.69, 9.17) is 14.2 Å². The summed E-state index contributed by atoms with van der Waals surface area (Å²) in [7, 11) is 0. The van der Waals surface area contributed by atoms with E-state index in [0.29, 0.717) is 26.1 Å². The van der Waals surface area contributed by atoms with E-state index in [-0.39, 0.29) is 24.5 Å². The van der Waals surface area contributed by atoms with Crippen LogP contribution in [-0.4, -0.2) is 54.8 Å². The predicted molar refractivity (Wildman–Crippen MR) is 115 cm³/mol. The van der Waals surface area contributed by atoms with Crippen molar-refractivity contribution < 1.29 is 28.6 Å². The van der Waals surface area contributed by atoms with Crippen molar-refractivity contribution in [3.63, 3.8) is 0 Å². The van der Waals surface area contributed by atoms with Gasteiger partial charge in [0.15, 0.2) is 0 Å². The topological polar surface area (TPSA) is 82.1 Å². The molecular formula is C23H33NO6. The van der Waals surface area contributed by atoms with Crippen molar-refractivity contribution in [2.24, 2.45) is 5.92 Å². The number of nitrogens with zero attached hydrogens (tertiary/aromatic N) is 1. The fourth-order valence-electron chi connectivity index (χ4n) is 2.63. The Morgan fingerprint density at radius 1 is 1.00 bits per heavy atom. The normalized spacial score (nSPS) is 17.9. The highest BCUT2D eigenvalue weighted by atomic mass is 16.6. The Balaban J connectivity index is 2.31. The summed E-state index contributed by atoms with van der Waals surface area (Å²) in [6.45, 7) is 8.63. The highest BCUT2D eigenvalue weighted by Crippen LogP contribution is 2.20. The lowest BCUT2D eigenvalue weighted by Gasteiger charge is -2.33. The van der Waals surface area contributed by atoms with Crippen LogP contribution in [0.1, 0.15) is 40.5 Å². The van der Waals surface area contributed by atoms with Gasteiger partial charge < -0.3 is 19.1 Å². The molecule has 0 aromatic carbocycles. The number of hydrogen-bond donors (Lipinski definition) is 0. The largest absolute Gasteiger partial charge is 0.463 e. The third kappa shape index (κ3) is 11.2. The van der Waals surface area contributed by atoms with Crippen LogP contribution in [0.3, 0.4) is 0 Å². The van der Waals surface area contributed by atoms with Crippen LogP contribution >= 0.6 is 0 Å². The Hall–Kier alpha value is -2.83. The van der Waals surface area contributed by atoms with E-state index < -0.39 is 11.7 Å². The van der Waals surface area contributed by atoms with Gasteiger partial charge in [0.2, 0.25) is 0 Å². The second-order valence-corrected chi connectivity index (χ2v) is 7.70. The summed E-state index contributed by atoms with van der Waals surface area (Å²) < 4.78 is 15.4. The maximum Gasteiger partial charge on any atom is 0.410 e. The van der Waals surface area contributed by atoms with Crippen LogP contribution < -0.4 is 0 Å². The van der Waals surface area contributed by atoms with Crippen molar-refractivity contribution in [1.29, 1.82) is 0 Å². The second kappa shape index (κ2) is 13.4. The molecule has 1 rings (SSSR count). The first-order chi connectivity index (χ1) is 14.2. The van der Waals surface area contributed by atoms with E-state index in [2.05, 4.69) is 0 Å². The molecule has 1 atom stereocenters. The Morgan fingerprint density at radius 3 is 2.33 bits per heavy atom. The van der Waals surface area contributed by atoms with Crippen LogP contribution in [0, 0.1) is 5.92 Å². The highest BCUT2D eigenvalue weighted by Gasteiger charge is 2.31. The molecule has 0 saturated carbocycles. The fraction of sp³-hybridized carbons (Fsp3) is 0.522. The van der Waals surface area contributed by atoms with Crippen LogP contribution in [0.25, 0.3) is 0 Å². The SMILES string of the molecule is CCOC(=O)/C=C/C=C/C=C/C=C/COC(=O)[C@@H]1CCCN(C(=O)OC(C)(C)C)C1. The Kier molecular flexibility index (Phi) is 11.3. The molecule has 0 bridgehead atoms. The number of allylic oxidation sites excluding steroid dienone is 6. The molecule has 1 amide bonds. The van der Waals surface area contributed by atoms with Crippen molar-refractivity contribution in [2.75, 3.05) is 26.3 Å². The minimum absolute atomic E-state index is 0.165. The molecule has 30 heavy (non-hydrogen) atoms. The van der Waals surface area contributed by atoms with Crippen LogP contribution in [0.2, 0.25) is 0 Å². The summed E-state index contributed by atoms with van der Waals surface area (Å²) in [5, 5.41) is 0. The van der Waals surface area contributed by atoms with Crippen LogP contribution in [0.15, 0.2) is 48.6 Å². The van der Waals surface area contributed by atoms with E-state index in [1.807, 2.05) is 20.8 Å². The number of piperidine rings is 1. The molecule has 1 heterocycles. The molecule has 1 saturated heterocycles. The summed E-state index contributed by atoms with van der Waals surface area (Å²) in [6, 6.07) is 0. The van der Waals surface area contributed by atoms with Gasteiger partial charge in [-0.25, -0.2) is 9.59 Å². The van der Waals surface area contributed by atoms with Crippen LogP contribution in [0.4, 0.5) is 4.79 Å². The molecule has 1 fully saturated rings. The number of hydrogen-bond acceptors (Lipinski definition) is 6. The summed E-state index contributed by atoms with van der Waals surface area (Å²) in [4.78, 5) is 37.1. The van der Waals surface area contributed by atoms with Crippen molar-refractivity contribution in [2.45, 2.75) is 46.1 Å². The molecule has 7 nitrogen and oxygen atoms in total. The zero-order valence-corrected chi connectivity index (χ0v) is 18.3. The van der Waals surface area contributed by atoms with Gasteiger partial charge in [0.25, 0.3) is 0 Å². The Morgan fingerprint density at radius 2 is 1.67 bits per heavy atom. The highest BCUT2D eigenvalue weighted by molar-refractivity contribution is 5.82. The van der Waals surface area contributed by atoms with Gasteiger partial charge in [0.05, 0.1) is 12.5 Å². The molecule has 0 N–H and O–H groups in total. The molecule has 1 aliphatic heterocycles. The van der Waals surface area contributed by atoms with Gasteiger partial charge in [-0.2, -0.15) is 0 Å². The number of carbonyl (C=O) groups excluding carboxylic acids is 3. The number of rotatable bonds is 8. The monoisotopic (exact) mass is 419 g/mol. The molecular weight excluding hydrogens is 386 g/mol. The van der Waals surface area contributed by atoms with E-state index in [1.54, 1.807) is 54.4 Å². The van der Waals surface area contributed by atoms with Crippen LogP contribution in [-0.2, 0) is 23.8 Å². The van der Waals surface area contributed by atoms with Gasteiger partial charge in [0, 0.05) is 19.2 Å². The first-order valence-electron chi connectivity index (χ1n) is 10.2. The zero-order valence-electron chi connectivity index (χ0n) is 18.3. The number of amides is 1. The smallest absolute Gasteiger partial charge is 0.410 e. The standard InChI is InChI=1S/C23H33NO6/c1-5-28-20(25)15-11-9-7-6-8-10-12-17-29-21(26)19-14-13-16-24(18-19)22(27)30-23(2,3)4/h6-12,15,19H,5,13-14,16-18H2,1-4H3/b8-6+,9-7+,12-10+,15-11+/t19-/m1/s1. The van der Waals surface area contributed by atoms with Gasteiger partial charge in [0.1, 0.15) is 12.2 Å². The number of likely N-dealkylation sites (tertiary alicyclic amines) is 1.